The highest BCUT2D eigenvalue weighted by molar-refractivity contribution is 8.01. The SMILES string of the molecule is COC(=O)C(NC(=O)c1c(-c2ccccc2Cl)noc1C)C1N[C@@H](C(=O)O)C(C)(C)S1. The van der Waals surface area contributed by atoms with Crippen LogP contribution in [0.15, 0.2) is 28.8 Å². The molecule has 1 aliphatic heterocycles. The lowest BCUT2D eigenvalue weighted by molar-refractivity contribution is -0.144. The molecule has 3 N–H and O–H groups in total. The van der Waals surface area contributed by atoms with E-state index in [1.54, 1.807) is 45.0 Å². The number of ether oxygens (including phenoxy) is 1. The molecule has 3 rings (SSSR count). The first-order valence-corrected chi connectivity index (χ1v) is 10.6. The number of carbonyl (C=O) groups excluding carboxylic acids is 2. The minimum atomic E-state index is -1.15. The summed E-state index contributed by atoms with van der Waals surface area (Å²) in [5, 5.41) is 18.7. The number of rotatable bonds is 6. The van der Waals surface area contributed by atoms with E-state index >= 15 is 0 Å². The minimum Gasteiger partial charge on any atom is -0.480 e. The molecular weight excluding hydrogens is 446 g/mol. The van der Waals surface area contributed by atoms with Crippen LogP contribution in [0.1, 0.15) is 30.0 Å². The predicted octanol–water partition coefficient (Wildman–Crippen LogP) is 2.47. The van der Waals surface area contributed by atoms with Crippen LogP contribution in [0, 0.1) is 6.92 Å². The van der Waals surface area contributed by atoms with E-state index in [1.165, 1.54) is 18.9 Å². The van der Waals surface area contributed by atoms with Crippen molar-refractivity contribution in [3.8, 4) is 11.3 Å². The quantitative estimate of drug-likeness (QED) is 0.548. The second-order valence-corrected chi connectivity index (χ2v) is 9.70. The zero-order chi connectivity index (χ0) is 22.9. The van der Waals surface area contributed by atoms with Crippen molar-refractivity contribution in [1.82, 2.24) is 15.8 Å². The van der Waals surface area contributed by atoms with Crippen LogP contribution in [0.5, 0.6) is 0 Å². The normalized spacial score (nSPS) is 20.8. The van der Waals surface area contributed by atoms with E-state index in [4.69, 9.17) is 20.9 Å². The van der Waals surface area contributed by atoms with E-state index < -0.39 is 40.1 Å². The van der Waals surface area contributed by atoms with Gasteiger partial charge in [-0.25, -0.2) is 4.79 Å². The van der Waals surface area contributed by atoms with Gasteiger partial charge in [0.15, 0.2) is 6.04 Å². The molecule has 9 nitrogen and oxygen atoms in total. The second kappa shape index (κ2) is 8.89. The Labute approximate surface area is 187 Å². The van der Waals surface area contributed by atoms with Gasteiger partial charge >= 0.3 is 11.9 Å². The first-order chi connectivity index (χ1) is 14.6. The molecule has 166 valence electrons. The Hall–Kier alpha value is -2.56. The summed E-state index contributed by atoms with van der Waals surface area (Å²) in [4.78, 5) is 37.3. The number of carboxylic acids is 1. The number of hydrogen-bond donors (Lipinski definition) is 3. The molecule has 1 aromatic carbocycles. The molecule has 2 aromatic rings. The number of halogens is 1. The molecule has 2 unspecified atom stereocenters. The zero-order valence-electron chi connectivity index (χ0n) is 17.3. The Balaban J connectivity index is 1.92. The third-order valence-electron chi connectivity index (χ3n) is 4.97. The fourth-order valence-electron chi connectivity index (χ4n) is 3.40. The van der Waals surface area contributed by atoms with E-state index in [-0.39, 0.29) is 17.0 Å². The molecule has 0 bridgehead atoms. The minimum absolute atomic E-state index is 0.124. The molecule has 1 fully saturated rings. The Kier molecular flexibility index (Phi) is 6.63. The van der Waals surface area contributed by atoms with Gasteiger partial charge in [0, 0.05) is 10.3 Å². The van der Waals surface area contributed by atoms with Crippen molar-refractivity contribution in [1.29, 1.82) is 0 Å². The summed E-state index contributed by atoms with van der Waals surface area (Å²) in [6.45, 7) is 5.07. The first-order valence-electron chi connectivity index (χ1n) is 9.33. The van der Waals surface area contributed by atoms with Crippen LogP contribution in [0.2, 0.25) is 5.02 Å². The standard InChI is InChI=1S/C20H22ClN3O6S/c1-9-12(13(24-30-9)10-7-5-6-8-11(10)21)16(25)22-14(19(28)29-4)17-23-15(18(26)27)20(2,3)31-17/h5-8,14-15,17,23H,1-4H3,(H,22,25)(H,26,27)/t14?,15-,17?/m0/s1. The second-order valence-electron chi connectivity index (χ2n) is 7.50. The van der Waals surface area contributed by atoms with E-state index in [0.29, 0.717) is 10.6 Å². The van der Waals surface area contributed by atoms with Crippen molar-refractivity contribution < 1.29 is 28.8 Å². The molecule has 1 amide bonds. The van der Waals surface area contributed by atoms with E-state index in [1.807, 2.05) is 0 Å². The van der Waals surface area contributed by atoms with Crippen LogP contribution in [-0.4, -0.2) is 57.4 Å². The summed E-state index contributed by atoms with van der Waals surface area (Å²) in [7, 11) is 1.20. The summed E-state index contributed by atoms with van der Waals surface area (Å²) in [6.07, 6.45) is 0. The summed E-state index contributed by atoms with van der Waals surface area (Å²) >= 11 is 7.48. The summed E-state index contributed by atoms with van der Waals surface area (Å²) in [5.41, 5.74) is 0.861. The van der Waals surface area contributed by atoms with E-state index in [2.05, 4.69) is 15.8 Å². The molecule has 11 heteroatoms. The smallest absolute Gasteiger partial charge is 0.330 e. The number of carbonyl (C=O) groups is 3. The van der Waals surface area contributed by atoms with E-state index in [0.717, 1.165) is 0 Å². The Morgan fingerprint density at radius 2 is 2.03 bits per heavy atom. The number of methoxy groups -OCH3 is 1. The lowest BCUT2D eigenvalue weighted by atomic mass is 10.0. The maximum Gasteiger partial charge on any atom is 0.330 e. The molecule has 3 atom stereocenters. The Bertz CT molecular complexity index is 1020. The molecule has 2 heterocycles. The van der Waals surface area contributed by atoms with Crippen molar-refractivity contribution in [3.05, 3.63) is 40.6 Å². The average Bonchev–Trinajstić information content (AvgIpc) is 3.24. The van der Waals surface area contributed by atoms with Crippen molar-refractivity contribution in [2.24, 2.45) is 0 Å². The van der Waals surface area contributed by atoms with Crippen LogP contribution >= 0.6 is 23.4 Å². The fourth-order valence-corrected chi connectivity index (χ4v) is 5.11. The van der Waals surface area contributed by atoms with Crippen LogP contribution in [0.3, 0.4) is 0 Å². The Morgan fingerprint density at radius 3 is 2.61 bits per heavy atom. The van der Waals surface area contributed by atoms with Crippen molar-refractivity contribution in [3.63, 3.8) is 0 Å². The van der Waals surface area contributed by atoms with Gasteiger partial charge in [-0.3, -0.25) is 14.9 Å². The fraction of sp³-hybridized carbons (Fsp3) is 0.400. The number of aliphatic carboxylic acids is 1. The summed E-state index contributed by atoms with van der Waals surface area (Å²) in [5.74, 6) is -2.14. The molecule has 0 aliphatic carbocycles. The maximum atomic E-state index is 13.2. The largest absolute Gasteiger partial charge is 0.480 e. The third kappa shape index (κ3) is 4.56. The number of benzene rings is 1. The number of nitrogens with zero attached hydrogens (tertiary/aromatic N) is 1. The summed E-state index contributed by atoms with van der Waals surface area (Å²) in [6, 6.07) is 4.78. The number of amides is 1. The molecule has 1 aromatic heterocycles. The highest BCUT2D eigenvalue weighted by Gasteiger charge is 2.49. The van der Waals surface area contributed by atoms with E-state index in [9.17, 15) is 19.5 Å². The number of aromatic nitrogens is 1. The molecule has 31 heavy (non-hydrogen) atoms. The van der Waals surface area contributed by atoms with Gasteiger partial charge in [0.05, 0.1) is 17.5 Å². The van der Waals surface area contributed by atoms with Crippen molar-refractivity contribution >= 4 is 41.2 Å². The highest BCUT2D eigenvalue weighted by Crippen LogP contribution is 2.39. The van der Waals surface area contributed by atoms with Gasteiger partial charge in [-0.1, -0.05) is 35.0 Å². The number of hydrogen-bond acceptors (Lipinski definition) is 8. The molecule has 0 radical (unpaired) electrons. The van der Waals surface area contributed by atoms with Crippen molar-refractivity contribution in [2.45, 2.75) is 43.0 Å². The van der Waals surface area contributed by atoms with Crippen LogP contribution in [0.25, 0.3) is 11.3 Å². The van der Waals surface area contributed by atoms with Gasteiger partial charge in [0.25, 0.3) is 5.91 Å². The monoisotopic (exact) mass is 467 g/mol. The molecule has 0 spiro atoms. The number of esters is 1. The molecular formula is C20H22ClN3O6S. The number of thioether (sulfide) groups is 1. The van der Waals surface area contributed by atoms with Gasteiger partial charge in [0.1, 0.15) is 23.1 Å². The predicted molar refractivity (Wildman–Crippen MR) is 115 cm³/mol. The zero-order valence-corrected chi connectivity index (χ0v) is 18.8. The lowest BCUT2D eigenvalue weighted by Gasteiger charge is -2.23. The summed E-state index contributed by atoms with van der Waals surface area (Å²) < 4.78 is 9.36. The van der Waals surface area contributed by atoms with Gasteiger partial charge < -0.3 is 19.7 Å². The van der Waals surface area contributed by atoms with Crippen LogP contribution in [0.4, 0.5) is 0 Å². The topological polar surface area (TPSA) is 131 Å². The highest BCUT2D eigenvalue weighted by atomic mass is 35.5. The number of carboxylic acid groups (broad SMARTS) is 1. The number of aryl methyl sites for hydroxylation is 1. The van der Waals surface area contributed by atoms with Crippen molar-refractivity contribution in [2.75, 3.05) is 7.11 Å². The third-order valence-corrected chi connectivity index (χ3v) is 6.80. The van der Waals surface area contributed by atoms with Crippen LogP contribution in [-0.2, 0) is 14.3 Å². The van der Waals surface area contributed by atoms with Gasteiger partial charge in [-0.2, -0.15) is 0 Å². The number of nitrogens with one attached hydrogen (secondary N) is 2. The lowest BCUT2D eigenvalue weighted by Crippen LogP contribution is -2.54. The first kappa shape index (κ1) is 23.1. The van der Waals surface area contributed by atoms with Gasteiger partial charge in [-0.05, 0) is 26.8 Å². The molecule has 1 aliphatic rings. The van der Waals surface area contributed by atoms with Gasteiger partial charge in [0.2, 0.25) is 0 Å². The molecule has 1 saturated heterocycles. The maximum absolute atomic E-state index is 13.2. The van der Waals surface area contributed by atoms with Crippen LogP contribution < -0.4 is 10.6 Å². The Morgan fingerprint density at radius 1 is 1.35 bits per heavy atom. The average molecular weight is 468 g/mol. The van der Waals surface area contributed by atoms with Gasteiger partial charge in [-0.15, -0.1) is 11.8 Å². The molecule has 0 saturated carbocycles.